The Morgan fingerprint density at radius 1 is 0.933 bits per heavy atom. The van der Waals surface area contributed by atoms with Crippen LogP contribution in [0.15, 0.2) is 42.5 Å². The largest absolute Gasteiger partial charge is 0.206 e. The van der Waals surface area contributed by atoms with Crippen molar-refractivity contribution < 1.29 is 13.2 Å². The maximum atomic E-state index is 15.0. The Kier molecular flexibility index (Phi) is 5.81. The summed E-state index contributed by atoms with van der Waals surface area (Å²) in [5.74, 6) is -0.916. The van der Waals surface area contributed by atoms with Gasteiger partial charge in [0.1, 0.15) is 23.3 Å². The number of fused-ring (bicyclic) bond motifs is 1. The summed E-state index contributed by atoms with van der Waals surface area (Å²) in [6.07, 6.45) is 7.09. The van der Waals surface area contributed by atoms with Gasteiger partial charge in [0.2, 0.25) is 0 Å². The van der Waals surface area contributed by atoms with Gasteiger partial charge in [-0.15, -0.1) is 0 Å². The van der Waals surface area contributed by atoms with Crippen LogP contribution < -0.4 is 0 Å². The van der Waals surface area contributed by atoms with E-state index in [4.69, 9.17) is 5.26 Å². The molecule has 0 aliphatic heterocycles. The predicted molar refractivity (Wildman–Crippen MR) is 114 cm³/mol. The van der Waals surface area contributed by atoms with Crippen LogP contribution in [0, 0.1) is 34.7 Å². The number of hydrogen-bond acceptors (Lipinski definition) is 1. The molecular formula is C26H24F3N. The fourth-order valence-corrected chi connectivity index (χ4v) is 4.81. The van der Waals surface area contributed by atoms with Gasteiger partial charge in [0.05, 0.1) is 0 Å². The van der Waals surface area contributed by atoms with Crippen molar-refractivity contribution in [2.24, 2.45) is 5.92 Å². The molecule has 4 heteroatoms. The van der Waals surface area contributed by atoms with Gasteiger partial charge in [-0.25, -0.2) is 13.2 Å². The van der Waals surface area contributed by atoms with Crippen LogP contribution in [0.2, 0.25) is 0 Å². The lowest BCUT2D eigenvalue weighted by atomic mass is 9.77. The average molecular weight is 407 g/mol. The van der Waals surface area contributed by atoms with E-state index in [9.17, 15) is 13.2 Å². The molecule has 3 aromatic rings. The Morgan fingerprint density at radius 3 is 2.37 bits per heavy atom. The first-order chi connectivity index (χ1) is 14.5. The lowest BCUT2D eigenvalue weighted by molar-refractivity contribution is 0.308. The van der Waals surface area contributed by atoms with E-state index in [0.29, 0.717) is 22.4 Å². The van der Waals surface area contributed by atoms with Crippen LogP contribution in [0.4, 0.5) is 13.2 Å². The SMILES string of the molecule is CCCC1CCC(c2ccc(-c3ccc4c(F)c(C#N)c(F)cc4c3)c(F)c2)CC1. The van der Waals surface area contributed by atoms with Gasteiger partial charge in [-0.05, 0) is 72.2 Å². The molecule has 0 atom stereocenters. The zero-order chi connectivity index (χ0) is 21.3. The second kappa shape index (κ2) is 8.52. The van der Waals surface area contributed by atoms with E-state index >= 15 is 0 Å². The summed E-state index contributed by atoms with van der Waals surface area (Å²) in [4.78, 5) is 0. The summed E-state index contributed by atoms with van der Waals surface area (Å²) < 4.78 is 43.3. The highest BCUT2D eigenvalue weighted by Crippen LogP contribution is 2.39. The second-order valence-electron chi connectivity index (χ2n) is 8.34. The first kappa shape index (κ1) is 20.5. The summed E-state index contributed by atoms with van der Waals surface area (Å²) in [5.41, 5.74) is 1.40. The van der Waals surface area contributed by atoms with E-state index in [0.717, 1.165) is 30.4 Å². The highest BCUT2D eigenvalue weighted by molar-refractivity contribution is 5.89. The normalized spacial score (nSPS) is 19.0. The monoisotopic (exact) mass is 407 g/mol. The van der Waals surface area contributed by atoms with Crippen LogP contribution in [-0.2, 0) is 0 Å². The molecule has 1 aliphatic carbocycles. The minimum Gasteiger partial charge on any atom is -0.206 e. The predicted octanol–water partition coefficient (Wildman–Crippen LogP) is 7.87. The fraction of sp³-hybridized carbons (Fsp3) is 0.346. The van der Waals surface area contributed by atoms with Gasteiger partial charge in [0.25, 0.3) is 0 Å². The van der Waals surface area contributed by atoms with E-state index in [2.05, 4.69) is 6.92 Å². The molecule has 1 nitrogen and oxygen atoms in total. The van der Waals surface area contributed by atoms with E-state index in [1.54, 1.807) is 30.3 Å². The Labute approximate surface area is 175 Å². The molecule has 3 aromatic carbocycles. The molecule has 0 spiro atoms. The van der Waals surface area contributed by atoms with Gasteiger partial charge < -0.3 is 0 Å². The summed E-state index contributed by atoms with van der Waals surface area (Å²) in [6.45, 7) is 2.22. The molecule has 0 heterocycles. The number of benzene rings is 3. The van der Waals surface area contributed by atoms with Crippen molar-refractivity contribution in [2.45, 2.75) is 51.4 Å². The standard InChI is InChI=1S/C26H24F3N/c1-2-3-16-4-6-17(7-5-16)18-8-10-21(24(27)13-18)19-9-11-22-20(12-19)14-25(28)23(15-30)26(22)29/h8-14,16-17H,2-7H2,1H3. The van der Waals surface area contributed by atoms with E-state index in [1.165, 1.54) is 31.7 Å². The zero-order valence-electron chi connectivity index (χ0n) is 17.0. The zero-order valence-corrected chi connectivity index (χ0v) is 17.0. The van der Waals surface area contributed by atoms with Crippen molar-refractivity contribution in [1.82, 2.24) is 0 Å². The van der Waals surface area contributed by atoms with E-state index in [1.807, 2.05) is 6.07 Å². The lowest BCUT2D eigenvalue weighted by Gasteiger charge is -2.28. The van der Waals surface area contributed by atoms with Crippen molar-refractivity contribution in [2.75, 3.05) is 0 Å². The number of nitrogens with zero attached hydrogens (tertiary/aromatic N) is 1. The Morgan fingerprint density at radius 2 is 1.70 bits per heavy atom. The number of hydrogen-bond donors (Lipinski definition) is 0. The fourth-order valence-electron chi connectivity index (χ4n) is 4.81. The molecule has 1 fully saturated rings. The molecule has 30 heavy (non-hydrogen) atoms. The minimum absolute atomic E-state index is 0.151. The average Bonchev–Trinajstić information content (AvgIpc) is 2.74. The second-order valence-corrected chi connectivity index (χ2v) is 8.34. The van der Waals surface area contributed by atoms with Crippen LogP contribution >= 0.6 is 0 Å². The van der Waals surface area contributed by atoms with Crippen molar-refractivity contribution in [3.8, 4) is 17.2 Å². The summed E-state index contributed by atoms with van der Waals surface area (Å²) in [6, 6.07) is 12.7. The quantitative estimate of drug-likeness (QED) is 0.432. The molecule has 0 aromatic heterocycles. The van der Waals surface area contributed by atoms with Gasteiger partial charge in [-0.2, -0.15) is 5.26 Å². The molecule has 0 saturated heterocycles. The molecule has 0 unspecified atom stereocenters. The molecular weight excluding hydrogens is 383 g/mol. The highest BCUT2D eigenvalue weighted by Gasteiger charge is 2.23. The van der Waals surface area contributed by atoms with E-state index in [-0.39, 0.29) is 11.2 Å². The summed E-state index contributed by atoms with van der Waals surface area (Å²) >= 11 is 0. The molecule has 154 valence electrons. The Hall–Kier alpha value is -2.80. The molecule has 0 amide bonds. The Bertz CT molecular complexity index is 1120. The van der Waals surface area contributed by atoms with Crippen LogP contribution in [-0.4, -0.2) is 0 Å². The van der Waals surface area contributed by atoms with Crippen LogP contribution in [0.3, 0.4) is 0 Å². The maximum absolute atomic E-state index is 15.0. The van der Waals surface area contributed by atoms with Crippen LogP contribution in [0.25, 0.3) is 21.9 Å². The van der Waals surface area contributed by atoms with Gasteiger partial charge >= 0.3 is 0 Å². The smallest absolute Gasteiger partial charge is 0.151 e. The third kappa shape index (κ3) is 3.81. The van der Waals surface area contributed by atoms with E-state index < -0.39 is 17.2 Å². The third-order valence-electron chi connectivity index (χ3n) is 6.46. The minimum atomic E-state index is -0.908. The maximum Gasteiger partial charge on any atom is 0.151 e. The molecule has 4 rings (SSSR count). The lowest BCUT2D eigenvalue weighted by Crippen LogP contribution is -2.13. The van der Waals surface area contributed by atoms with Crippen molar-refractivity contribution in [1.29, 1.82) is 5.26 Å². The highest BCUT2D eigenvalue weighted by atomic mass is 19.1. The molecule has 1 saturated carbocycles. The van der Waals surface area contributed by atoms with Crippen LogP contribution in [0.1, 0.15) is 62.5 Å². The number of rotatable bonds is 4. The van der Waals surface area contributed by atoms with Crippen LogP contribution in [0.5, 0.6) is 0 Å². The molecule has 0 N–H and O–H groups in total. The molecule has 1 aliphatic rings. The van der Waals surface area contributed by atoms with Crippen molar-refractivity contribution in [3.05, 3.63) is 71.0 Å². The van der Waals surface area contributed by atoms with Gasteiger partial charge in [0, 0.05) is 10.9 Å². The summed E-state index contributed by atoms with van der Waals surface area (Å²) in [7, 11) is 0. The van der Waals surface area contributed by atoms with Gasteiger partial charge in [0.15, 0.2) is 5.82 Å². The molecule has 0 bridgehead atoms. The first-order valence-electron chi connectivity index (χ1n) is 10.6. The van der Waals surface area contributed by atoms with Gasteiger partial charge in [-0.1, -0.05) is 44.0 Å². The number of nitriles is 1. The first-order valence-corrected chi connectivity index (χ1v) is 10.6. The van der Waals surface area contributed by atoms with Crippen molar-refractivity contribution in [3.63, 3.8) is 0 Å². The Balaban J connectivity index is 1.62. The van der Waals surface area contributed by atoms with Gasteiger partial charge in [-0.3, -0.25) is 0 Å². The topological polar surface area (TPSA) is 23.8 Å². The summed E-state index contributed by atoms with van der Waals surface area (Å²) in [5, 5.41) is 9.38. The third-order valence-corrected chi connectivity index (χ3v) is 6.46. The molecule has 0 radical (unpaired) electrons. The van der Waals surface area contributed by atoms with Crippen molar-refractivity contribution >= 4 is 10.8 Å². The number of halogens is 3.